The molecule has 3 rings (SSSR count). The molecule has 5 heteroatoms. The molecular formula is C18H17NO3S. The average molecular weight is 327 g/mol. The lowest BCUT2D eigenvalue weighted by Crippen LogP contribution is -2.30. The molecular weight excluding hydrogens is 310 g/mol. The molecule has 0 aromatic heterocycles. The highest BCUT2D eigenvalue weighted by Crippen LogP contribution is 2.45. The molecule has 0 N–H and O–H groups in total. The van der Waals surface area contributed by atoms with Gasteiger partial charge in [-0.1, -0.05) is 30.3 Å². The van der Waals surface area contributed by atoms with Crippen LogP contribution in [-0.4, -0.2) is 24.2 Å². The number of benzene rings is 2. The Morgan fingerprint density at radius 3 is 2.35 bits per heavy atom. The van der Waals surface area contributed by atoms with Gasteiger partial charge in [0.25, 0.3) is 0 Å². The molecule has 118 valence electrons. The largest absolute Gasteiger partial charge is 0.465 e. The Kier molecular flexibility index (Phi) is 4.39. The molecule has 1 aliphatic heterocycles. The normalized spacial score (nSPS) is 20.6. The fourth-order valence-electron chi connectivity index (χ4n) is 2.61. The maximum atomic E-state index is 12.6. The number of methoxy groups -OCH3 is 1. The number of amides is 1. The molecule has 0 radical (unpaired) electrons. The molecule has 0 bridgehead atoms. The van der Waals surface area contributed by atoms with Crippen molar-refractivity contribution in [3.63, 3.8) is 0 Å². The van der Waals surface area contributed by atoms with Gasteiger partial charge in [0, 0.05) is 5.69 Å². The number of hydrogen-bond donors (Lipinski definition) is 0. The summed E-state index contributed by atoms with van der Waals surface area (Å²) in [5.74, 6) is -0.304. The van der Waals surface area contributed by atoms with Crippen molar-refractivity contribution in [2.45, 2.75) is 17.5 Å². The molecule has 0 unspecified atom stereocenters. The van der Waals surface area contributed by atoms with Crippen molar-refractivity contribution in [1.29, 1.82) is 0 Å². The third-order valence-corrected chi connectivity index (χ3v) is 5.15. The number of ether oxygens (including phenoxy) is 1. The highest BCUT2D eigenvalue weighted by molar-refractivity contribution is 8.01. The van der Waals surface area contributed by atoms with E-state index in [0.717, 1.165) is 11.3 Å². The summed E-state index contributed by atoms with van der Waals surface area (Å²) in [6.07, 6.45) is 0. The first-order chi connectivity index (χ1) is 11.1. The second-order valence-corrected chi connectivity index (χ2v) is 6.71. The summed E-state index contributed by atoms with van der Waals surface area (Å²) in [5.41, 5.74) is 2.35. The van der Waals surface area contributed by atoms with Crippen LogP contribution in [0.3, 0.4) is 0 Å². The number of esters is 1. The van der Waals surface area contributed by atoms with Gasteiger partial charge in [-0.25, -0.2) is 4.79 Å². The van der Waals surface area contributed by atoms with Gasteiger partial charge in [-0.3, -0.25) is 9.69 Å². The first-order valence-electron chi connectivity index (χ1n) is 7.33. The fraction of sp³-hybridized carbons (Fsp3) is 0.222. The second-order valence-electron chi connectivity index (χ2n) is 5.29. The Morgan fingerprint density at radius 2 is 1.74 bits per heavy atom. The molecule has 4 nitrogen and oxygen atoms in total. The van der Waals surface area contributed by atoms with Crippen molar-refractivity contribution >= 4 is 29.3 Å². The number of carbonyl (C=O) groups is 2. The molecule has 1 amide bonds. The van der Waals surface area contributed by atoms with Crippen LogP contribution in [0.4, 0.5) is 5.69 Å². The molecule has 1 fully saturated rings. The Hall–Kier alpha value is -2.27. The van der Waals surface area contributed by atoms with Crippen LogP contribution >= 0.6 is 11.8 Å². The van der Waals surface area contributed by atoms with Crippen LogP contribution in [0.1, 0.15) is 28.2 Å². The number of anilines is 1. The maximum absolute atomic E-state index is 12.6. The van der Waals surface area contributed by atoms with Gasteiger partial charge in [0.2, 0.25) is 5.91 Å². The summed E-state index contributed by atoms with van der Waals surface area (Å²) in [6, 6.07) is 16.9. The van der Waals surface area contributed by atoms with Crippen LogP contribution in [-0.2, 0) is 9.53 Å². The van der Waals surface area contributed by atoms with Crippen LogP contribution in [0.25, 0.3) is 0 Å². The minimum absolute atomic E-state index is 0.0531. The first kappa shape index (κ1) is 15.6. The Bertz CT molecular complexity index is 715. The molecule has 0 spiro atoms. The third-order valence-electron chi connectivity index (χ3n) is 3.80. The van der Waals surface area contributed by atoms with Gasteiger partial charge >= 0.3 is 5.97 Å². The predicted molar refractivity (Wildman–Crippen MR) is 91.5 cm³/mol. The predicted octanol–water partition coefficient (Wildman–Crippen LogP) is 3.64. The summed E-state index contributed by atoms with van der Waals surface area (Å²) in [5, 5.41) is -0.150. The van der Waals surface area contributed by atoms with Gasteiger partial charge in [-0.2, -0.15) is 0 Å². The van der Waals surface area contributed by atoms with E-state index in [2.05, 4.69) is 0 Å². The molecule has 0 aliphatic carbocycles. The number of carbonyl (C=O) groups excluding carboxylic acids is 2. The molecule has 0 saturated carbocycles. The van der Waals surface area contributed by atoms with Gasteiger partial charge in [-0.05, 0) is 36.8 Å². The zero-order valence-electron chi connectivity index (χ0n) is 12.9. The maximum Gasteiger partial charge on any atom is 0.337 e. The van der Waals surface area contributed by atoms with Crippen LogP contribution in [0.5, 0.6) is 0 Å². The fourth-order valence-corrected chi connectivity index (χ4v) is 3.89. The number of thioether (sulfide) groups is 1. The van der Waals surface area contributed by atoms with Crippen molar-refractivity contribution in [3.05, 3.63) is 65.7 Å². The van der Waals surface area contributed by atoms with E-state index in [1.807, 2.05) is 37.3 Å². The van der Waals surface area contributed by atoms with E-state index in [0.29, 0.717) is 5.56 Å². The highest BCUT2D eigenvalue weighted by Gasteiger charge is 2.39. The molecule has 1 saturated heterocycles. The molecule has 2 aromatic rings. The first-order valence-corrected chi connectivity index (χ1v) is 8.28. The van der Waals surface area contributed by atoms with Gasteiger partial charge in [0.05, 0.1) is 17.9 Å². The molecule has 1 heterocycles. The van der Waals surface area contributed by atoms with Crippen molar-refractivity contribution in [2.75, 3.05) is 12.0 Å². The summed E-state index contributed by atoms with van der Waals surface area (Å²) < 4.78 is 4.71. The second kappa shape index (κ2) is 6.46. The minimum Gasteiger partial charge on any atom is -0.465 e. The van der Waals surface area contributed by atoms with Gasteiger partial charge in [-0.15, -0.1) is 11.8 Å². The lowest BCUT2D eigenvalue weighted by molar-refractivity contribution is -0.117. The van der Waals surface area contributed by atoms with Crippen molar-refractivity contribution < 1.29 is 14.3 Å². The van der Waals surface area contributed by atoms with Crippen molar-refractivity contribution in [2.24, 2.45) is 0 Å². The number of nitrogens with zero attached hydrogens (tertiary/aromatic N) is 1. The summed E-state index contributed by atoms with van der Waals surface area (Å²) in [7, 11) is 1.35. The summed E-state index contributed by atoms with van der Waals surface area (Å²) >= 11 is 1.63. The number of hydrogen-bond acceptors (Lipinski definition) is 4. The average Bonchev–Trinajstić information content (AvgIpc) is 2.90. The van der Waals surface area contributed by atoms with E-state index in [1.165, 1.54) is 7.11 Å². The van der Waals surface area contributed by atoms with Crippen molar-refractivity contribution in [3.8, 4) is 0 Å². The summed E-state index contributed by atoms with van der Waals surface area (Å²) in [4.78, 5) is 25.9. The van der Waals surface area contributed by atoms with Crippen LogP contribution < -0.4 is 4.90 Å². The lowest BCUT2D eigenvalue weighted by Gasteiger charge is -2.24. The Morgan fingerprint density at radius 1 is 1.09 bits per heavy atom. The zero-order valence-corrected chi connectivity index (χ0v) is 13.7. The van der Waals surface area contributed by atoms with Gasteiger partial charge in [0.15, 0.2) is 0 Å². The van der Waals surface area contributed by atoms with Crippen molar-refractivity contribution in [1.82, 2.24) is 0 Å². The molecule has 2 atom stereocenters. The third kappa shape index (κ3) is 2.97. The quantitative estimate of drug-likeness (QED) is 0.808. The summed E-state index contributed by atoms with van der Waals surface area (Å²) in [6.45, 7) is 1.92. The highest BCUT2D eigenvalue weighted by atomic mass is 32.2. The van der Waals surface area contributed by atoms with Crippen LogP contribution in [0, 0.1) is 0 Å². The molecule has 1 aliphatic rings. The van der Waals surface area contributed by atoms with E-state index < -0.39 is 0 Å². The smallest absolute Gasteiger partial charge is 0.337 e. The lowest BCUT2D eigenvalue weighted by atomic mass is 10.1. The van der Waals surface area contributed by atoms with Gasteiger partial charge in [0.1, 0.15) is 5.37 Å². The molecule has 23 heavy (non-hydrogen) atoms. The minimum atomic E-state index is -0.383. The van der Waals surface area contributed by atoms with E-state index in [9.17, 15) is 9.59 Å². The van der Waals surface area contributed by atoms with E-state index in [1.54, 1.807) is 40.9 Å². The van der Waals surface area contributed by atoms with Gasteiger partial charge < -0.3 is 4.74 Å². The molecule has 2 aromatic carbocycles. The van der Waals surface area contributed by atoms with Crippen LogP contribution in [0.15, 0.2) is 54.6 Å². The standard InChI is InChI=1S/C18H17NO3S/c1-12-16(20)19(17(23-12)13-6-4-3-5-7-13)15-10-8-14(9-11-15)18(21)22-2/h3-12,17H,1-2H3/t12-,17-/m0/s1. The van der Waals surface area contributed by atoms with E-state index >= 15 is 0 Å². The zero-order chi connectivity index (χ0) is 16.4. The number of rotatable bonds is 3. The Balaban J connectivity index is 1.95. The van der Waals surface area contributed by atoms with E-state index in [4.69, 9.17) is 4.74 Å². The topological polar surface area (TPSA) is 46.6 Å². The van der Waals surface area contributed by atoms with Crippen LogP contribution in [0.2, 0.25) is 0 Å². The Labute approximate surface area is 139 Å². The monoisotopic (exact) mass is 327 g/mol. The van der Waals surface area contributed by atoms with E-state index in [-0.39, 0.29) is 22.5 Å². The SMILES string of the molecule is COC(=O)c1ccc(N2C(=O)[C@H](C)S[C@H]2c2ccccc2)cc1.